The number of hydrogen-bond donors (Lipinski definition) is 0. The van der Waals surface area contributed by atoms with Crippen LogP contribution in [0, 0.1) is 0 Å². The van der Waals surface area contributed by atoms with Gasteiger partial charge < -0.3 is 9.47 Å². The molecule has 0 atom stereocenters. The van der Waals surface area contributed by atoms with Crippen LogP contribution in [0.1, 0.15) is 26.1 Å². The van der Waals surface area contributed by atoms with Crippen molar-refractivity contribution in [2.75, 3.05) is 13.2 Å². The number of aromatic nitrogens is 2. The van der Waals surface area contributed by atoms with E-state index in [1.165, 1.54) is 0 Å². The minimum absolute atomic E-state index is 0.0805. The molecule has 1 heterocycles. The SMILES string of the molecule is CCCOc1ccnc(CC(=O)OCC)n1. The van der Waals surface area contributed by atoms with Crippen LogP contribution in [-0.4, -0.2) is 29.2 Å². The van der Waals surface area contributed by atoms with Crippen LogP contribution in [-0.2, 0) is 16.0 Å². The molecule has 88 valence electrons. The molecule has 0 N–H and O–H groups in total. The van der Waals surface area contributed by atoms with E-state index in [9.17, 15) is 4.79 Å². The fourth-order valence-corrected chi connectivity index (χ4v) is 1.09. The number of carbonyl (C=O) groups excluding carboxylic acids is 1. The van der Waals surface area contributed by atoms with Crippen LogP contribution in [0.15, 0.2) is 12.3 Å². The molecule has 0 aliphatic heterocycles. The zero-order chi connectivity index (χ0) is 11.8. The molecule has 1 rings (SSSR count). The van der Waals surface area contributed by atoms with Gasteiger partial charge in [0.2, 0.25) is 5.88 Å². The van der Waals surface area contributed by atoms with Crippen molar-refractivity contribution in [1.29, 1.82) is 0 Å². The Labute approximate surface area is 94.8 Å². The second kappa shape index (κ2) is 6.76. The topological polar surface area (TPSA) is 61.3 Å². The molecule has 5 nitrogen and oxygen atoms in total. The summed E-state index contributed by atoms with van der Waals surface area (Å²) in [5.41, 5.74) is 0. The summed E-state index contributed by atoms with van der Waals surface area (Å²) in [6.07, 6.45) is 2.57. The van der Waals surface area contributed by atoms with E-state index < -0.39 is 0 Å². The zero-order valence-corrected chi connectivity index (χ0v) is 9.60. The number of esters is 1. The highest BCUT2D eigenvalue weighted by Crippen LogP contribution is 2.06. The average molecular weight is 224 g/mol. The number of hydrogen-bond acceptors (Lipinski definition) is 5. The molecule has 5 heteroatoms. The van der Waals surface area contributed by atoms with Crippen molar-refractivity contribution in [3.8, 4) is 5.88 Å². The van der Waals surface area contributed by atoms with Crippen molar-refractivity contribution in [2.45, 2.75) is 26.7 Å². The van der Waals surface area contributed by atoms with E-state index in [2.05, 4.69) is 9.97 Å². The molecule has 0 saturated carbocycles. The summed E-state index contributed by atoms with van der Waals surface area (Å²) < 4.78 is 10.1. The summed E-state index contributed by atoms with van der Waals surface area (Å²) in [6.45, 7) is 4.75. The summed E-state index contributed by atoms with van der Waals surface area (Å²) in [5, 5.41) is 0. The molecular weight excluding hydrogens is 208 g/mol. The minimum Gasteiger partial charge on any atom is -0.478 e. The minimum atomic E-state index is -0.324. The summed E-state index contributed by atoms with van der Waals surface area (Å²) >= 11 is 0. The van der Waals surface area contributed by atoms with E-state index >= 15 is 0 Å². The van der Waals surface area contributed by atoms with Gasteiger partial charge in [-0.05, 0) is 13.3 Å². The largest absolute Gasteiger partial charge is 0.478 e. The standard InChI is InChI=1S/C11H16N2O3/c1-3-7-16-10-5-6-12-9(13-10)8-11(14)15-4-2/h5-6H,3-4,7-8H2,1-2H3. The lowest BCUT2D eigenvalue weighted by Crippen LogP contribution is -2.10. The zero-order valence-electron chi connectivity index (χ0n) is 9.60. The lowest BCUT2D eigenvalue weighted by atomic mass is 10.4. The number of rotatable bonds is 6. The molecular formula is C11H16N2O3. The fourth-order valence-electron chi connectivity index (χ4n) is 1.09. The van der Waals surface area contributed by atoms with E-state index in [-0.39, 0.29) is 12.4 Å². The van der Waals surface area contributed by atoms with Crippen molar-refractivity contribution in [3.63, 3.8) is 0 Å². The second-order valence-electron chi connectivity index (χ2n) is 3.14. The summed E-state index contributed by atoms with van der Waals surface area (Å²) in [6, 6.07) is 1.67. The monoisotopic (exact) mass is 224 g/mol. The van der Waals surface area contributed by atoms with Gasteiger partial charge in [-0.15, -0.1) is 0 Å². The number of ether oxygens (including phenoxy) is 2. The molecule has 0 unspecified atom stereocenters. The Hall–Kier alpha value is -1.65. The Balaban J connectivity index is 2.56. The normalized spacial score (nSPS) is 9.88. The molecule has 0 aromatic carbocycles. The Morgan fingerprint density at radius 1 is 1.44 bits per heavy atom. The van der Waals surface area contributed by atoms with Crippen LogP contribution < -0.4 is 4.74 Å². The number of nitrogens with zero attached hydrogens (tertiary/aromatic N) is 2. The maximum Gasteiger partial charge on any atom is 0.313 e. The molecule has 16 heavy (non-hydrogen) atoms. The molecule has 0 amide bonds. The quantitative estimate of drug-likeness (QED) is 0.683. The lowest BCUT2D eigenvalue weighted by Gasteiger charge is -2.04. The molecule has 0 saturated heterocycles. The Morgan fingerprint density at radius 3 is 2.94 bits per heavy atom. The smallest absolute Gasteiger partial charge is 0.313 e. The van der Waals surface area contributed by atoms with Gasteiger partial charge in [-0.1, -0.05) is 6.92 Å². The van der Waals surface area contributed by atoms with E-state index in [0.717, 1.165) is 6.42 Å². The van der Waals surface area contributed by atoms with Gasteiger partial charge in [0.25, 0.3) is 0 Å². The van der Waals surface area contributed by atoms with Crippen molar-refractivity contribution >= 4 is 5.97 Å². The summed E-state index contributed by atoms with van der Waals surface area (Å²) in [4.78, 5) is 19.3. The molecule has 1 aromatic rings. The maximum absolute atomic E-state index is 11.2. The van der Waals surface area contributed by atoms with Gasteiger partial charge in [-0.2, -0.15) is 4.98 Å². The Morgan fingerprint density at radius 2 is 2.25 bits per heavy atom. The van der Waals surface area contributed by atoms with E-state index in [4.69, 9.17) is 9.47 Å². The van der Waals surface area contributed by atoms with Crippen molar-refractivity contribution in [1.82, 2.24) is 9.97 Å². The highest BCUT2D eigenvalue weighted by atomic mass is 16.5. The number of carbonyl (C=O) groups is 1. The Kier molecular flexibility index (Phi) is 5.25. The van der Waals surface area contributed by atoms with E-state index in [1.807, 2.05) is 6.92 Å². The average Bonchev–Trinajstić information content (AvgIpc) is 2.27. The van der Waals surface area contributed by atoms with Gasteiger partial charge >= 0.3 is 5.97 Å². The molecule has 0 bridgehead atoms. The first-order valence-corrected chi connectivity index (χ1v) is 5.36. The summed E-state index contributed by atoms with van der Waals surface area (Å²) in [5.74, 6) is 0.596. The van der Waals surface area contributed by atoms with Crippen LogP contribution in [0.25, 0.3) is 0 Å². The first-order chi connectivity index (χ1) is 7.76. The maximum atomic E-state index is 11.2. The predicted octanol–water partition coefficient (Wildman–Crippen LogP) is 1.37. The fraction of sp³-hybridized carbons (Fsp3) is 0.545. The van der Waals surface area contributed by atoms with Crippen LogP contribution in [0.3, 0.4) is 0 Å². The van der Waals surface area contributed by atoms with Gasteiger partial charge in [-0.3, -0.25) is 4.79 Å². The second-order valence-corrected chi connectivity index (χ2v) is 3.14. The van der Waals surface area contributed by atoms with Crippen LogP contribution in [0.4, 0.5) is 0 Å². The molecule has 0 spiro atoms. The van der Waals surface area contributed by atoms with Gasteiger partial charge in [-0.25, -0.2) is 4.98 Å². The molecule has 0 fully saturated rings. The summed E-state index contributed by atoms with van der Waals surface area (Å²) in [7, 11) is 0. The van der Waals surface area contributed by atoms with Crippen LogP contribution in [0.5, 0.6) is 5.88 Å². The predicted molar refractivity (Wildman–Crippen MR) is 58.2 cm³/mol. The van der Waals surface area contributed by atoms with Gasteiger partial charge in [0.05, 0.1) is 13.2 Å². The first kappa shape index (κ1) is 12.4. The van der Waals surface area contributed by atoms with Crippen LogP contribution >= 0.6 is 0 Å². The molecule has 0 aliphatic carbocycles. The van der Waals surface area contributed by atoms with E-state index in [1.54, 1.807) is 19.2 Å². The highest BCUT2D eigenvalue weighted by Gasteiger charge is 2.07. The van der Waals surface area contributed by atoms with Crippen molar-refractivity contribution in [3.05, 3.63) is 18.1 Å². The molecule has 1 aromatic heterocycles. The van der Waals surface area contributed by atoms with Crippen LogP contribution in [0.2, 0.25) is 0 Å². The lowest BCUT2D eigenvalue weighted by molar-refractivity contribution is -0.142. The third-order valence-electron chi connectivity index (χ3n) is 1.74. The first-order valence-electron chi connectivity index (χ1n) is 5.36. The third-order valence-corrected chi connectivity index (χ3v) is 1.74. The van der Waals surface area contributed by atoms with Gasteiger partial charge in [0.15, 0.2) is 0 Å². The molecule has 0 aliphatic rings. The van der Waals surface area contributed by atoms with Crippen molar-refractivity contribution < 1.29 is 14.3 Å². The van der Waals surface area contributed by atoms with Gasteiger partial charge in [0, 0.05) is 12.3 Å². The third kappa shape index (κ3) is 4.25. The highest BCUT2D eigenvalue weighted by molar-refractivity contribution is 5.71. The van der Waals surface area contributed by atoms with E-state index in [0.29, 0.717) is 24.9 Å². The van der Waals surface area contributed by atoms with Crippen molar-refractivity contribution in [2.24, 2.45) is 0 Å². The van der Waals surface area contributed by atoms with Gasteiger partial charge in [0.1, 0.15) is 12.2 Å². The molecule has 0 radical (unpaired) electrons. The Bertz CT molecular complexity index is 342.